The third kappa shape index (κ3) is 2.94. The van der Waals surface area contributed by atoms with Gasteiger partial charge < -0.3 is 0 Å². The number of nitro groups is 1. The molecule has 0 saturated heterocycles. The van der Waals surface area contributed by atoms with E-state index in [1.54, 1.807) is 12.1 Å². The summed E-state index contributed by atoms with van der Waals surface area (Å²) in [5, 5.41) is 10.3. The molecule has 8 heteroatoms. The number of aromatic nitrogens is 1. The Labute approximate surface area is 122 Å². The van der Waals surface area contributed by atoms with Crippen LogP contribution in [0.2, 0.25) is 0 Å². The SMILES string of the molecule is Cc1ccc(S(=O)(=O)c2ncccc2[N+](=O)[O-])cc1.Cl. The molecule has 0 saturated carbocycles. The molecule has 0 atom stereocenters. The fraction of sp³-hybridized carbons (Fsp3) is 0.0833. The van der Waals surface area contributed by atoms with E-state index >= 15 is 0 Å². The van der Waals surface area contributed by atoms with Gasteiger partial charge in [0.05, 0.1) is 9.82 Å². The predicted octanol–water partition coefficient (Wildman–Crippen LogP) is 2.55. The molecular weight excluding hydrogens is 304 g/mol. The highest BCUT2D eigenvalue weighted by Gasteiger charge is 2.28. The first kappa shape index (κ1) is 16.1. The van der Waals surface area contributed by atoms with Crippen molar-refractivity contribution in [3.8, 4) is 0 Å². The lowest BCUT2D eigenvalue weighted by atomic mass is 10.2. The van der Waals surface area contributed by atoms with Gasteiger partial charge in [0.1, 0.15) is 0 Å². The monoisotopic (exact) mass is 314 g/mol. The molecule has 0 aliphatic rings. The number of hydrogen-bond donors (Lipinski definition) is 0. The molecule has 0 radical (unpaired) electrons. The van der Waals surface area contributed by atoms with Crippen LogP contribution in [0.4, 0.5) is 5.69 Å². The average Bonchev–Trinajstić information content (AvgIpc) is 2.39. The summed E-state index contributed by atoms with van der Waals surface area (Å²) in [4.78, 5) is 13.7. The maximum absolute atomic E-state index is 12.3. The third-order valence-corrected chi connectivity index (χ3v) is 4.25. The zero-order valence-electron chi connectivity index (χ0n) is 10.4. The Kier molecular flexibility index (Phi) is 4.80. The Hall–Kier alpha value is -1.99. The first-order chi connectivity index (χ1) is 8.93. The summed E-state index contributed by atoms with van der Waals surface area (Å²) in [5.74, 6) is 0. The van der Waals surface area contributed by atoms with Crippen LogP contribution in [-0.2, 0) is 9.84 Å². The number of halogens is 1. The second kappa shape index (κ2) is 5.98. The number of benzene rings is 1. The molecule has 0 bridgehead atoms. The molecule has 2 aromatic rings. The molecule has 0 spiro atoms. The van der Waals surface area contributed by atoms with Crippen LogP contribution in [0.1, 0.15) is 5.56 Å². The van der Waals surface area contributed by atoms with Crippen LogP contribution in [0.3, 0.4) is 0 Å². The molecule has 1 heterocycles. The van der Waals surface area contributed by atoms with Crippen LogP contribution < -0.4 is 0 Å². The van der Waals surface area contributed by atoms with Crippen LogP contribution in [0.15, 0.2) is 52.5 Å². The second-order valence-electron chi connectivity index (χ2n) is 3.90. The van der Waals surface area contributed by atoms with Gasteiger partial charge in [-0.2, -0.15) is 0 Å². The first-order valence-electron chi connectivity index (χ1n) is 5.34. The van der Waals surface area contributed by atoms with Gasteiger partial charge in [-0.05, 0) is 25.1 Å². The van der Waals surface area contributed by atoms with Gasteiger partial charge in [-0.1, -0.05) is 17.7 Å². The zero-order chi connectivity index (χ0) is 14.0. The summed E-state index contributed by atoms with van der Waals surface area (Å²) in [6, 6.07) is 8.51. The summed E-state index contributed by atoms with van der Waals surface area (Å²) in [6.07, 6.45) is 1.22. The minimum Gasteiger partial charge on any atom is -0.258 e. The summed E-state index contributed by atoms with van der Waals surface area (Å²) in [6.45, 7) is 1.82. The minimum atomic E-state index is -3.98. The molecule has 0 aliphatic carbocycles. The third-order valence-electron chi connectivity index (χ3n) is 2.53. The lowest BCUT2D eigenvalue weighted by molar-refractivity contribution is -0.388. The van der Waals surface area contributed by atoms with Crippen molar-refractivity contribution in [2.45, 2.75) is 16.8 Å². The fourth-order valence-electron chi connectivity index (χ4n) is 1.56. The van der Waals surface area contributed by atoms with Crippen LogP contribution >= 0.6 is 12.4 Å². The molecule has 0 aliphatic heterocycles. The van der Waals surface area contributed by atoms with E-state index in [0.29, 0.717) is 0 Å². The molecule has 0 fully saturated rings. The van der Waals surface area contributed by atoms with Gasteiger partial charge in [-0.15, -0.1) is 12.4 Å². The Bertz CT molecular complexity index is 729. The van der Waals surface area contributed by atoms with Crippen molar-refractivity contribution < 1.29 is 13.3 Å². The van der Waals surface area contributed by atoms with Gasteiger partial charge in [0.15, 0.2) is 0 Å². The Morgan fingerprint density at radius 3 is 2.30 bits per heavy atom. The molecule has 0 N–H and O–H groups in total. The van der Waals surface area contributed by atoms with Crippen molar-refractivity contribution in [1.29, 1.82) is 0 Å². The fourth-order valence-corrected chi connectivity index (χ4v) is 2.89. The molecule has 20 heavy (non-hydrogen) atoms. The number of pyridine rings is 1. The zero-order valence-corrected chi connectivity index (χ0v) is 12.0. The number of sulfone groups is 1. The van der Waals surface area contributed by atoms with Crippen molar-refractivity contribution in [3.05, 3.63) is 58.3 Å². The van der Waals surface area contributed by atoms with E-state index in [1.807, 2.05) is 6.92 Å². The molecule has 0 amide bonds. The highest BCUT2D eigenvalue weighted by molar-refractivity contribution is 7.91. The maximum atomic E-state index is 12.3. The van der Waals surface area contributed by atoms with Crippen molar-refractivity contribution >= 4 is 27.9 Å². The van der Waals surface area contributed by atoms with Crippen molar-refractivity contribution in [3.63, 3.8) is 0 Å². The lowest BCUT2D eigenvalue weighted by Crippen LogP contribution is -2.07. The molecule has 6 nitrogen and oxygen atoms in total. The van der Waals surface area contributed by atoms with Gasteiger partial charge in [0, 0.05) is 12.3 Å². The Balaban J connectivity index is 0.00000200. The number of hydrogen-bond acceptors (Lipinski definition) is 5. The minimum absolute atomic E-state index is 0. The van der Waals surface area contributed by atoms with Crippen LogP contribution in [0.25, 0.3) is 0 Å². The van der Waals surface area contributed by atoms with E-state index in [1.165, 1.54) is 24.4 Å². The summed E-state index contributed by atoms with van der Waals surface area (Å²) < 4.78 is 24.6. The summed E-state index contributed by atoms with van der Waals surface area (Å²) >= 11 is 0. The molecule has 1 aromatic carbocycles. The van der Waals surface area contributed by atoms with E-state index in [9.17, 15) is 18.5 Å². The molecule has 1 aromatic heterocycles. The van der Waals surface area contributed by atoms with Gasteiger partial charge in [0.2, 0.25) is 14.9 Å². The van der Waals surface area contributed by atoms with E-state index in [0.717, 1.165) is 11.6 Å². The normalized spacial score (nSPS) is 10.7. The Morgan fingerprint density at radius 2 is 1.75 bits per heavy atom. The van der Waals surface area contributed by atoms with E-state index in [2.05, 4.69) is 4.98 Å². The molecular formula is C12H11ClN2O4S. The van der Waals surface area contributed by atoms with Crippen LogP contribution in [0.5, 0.6) is 0 Å². The van der Waals surface area contributed by atoms with Crippen LogP contribution in [-0.4, -0.2) is 18.3 Å². The van der Waals surface area contributed by atoms with Crippen molar-refractivity contribution in [2.75, 3.05) is 0 Å². The standard InChI is InChI=1S/C12H10N2O4S.ClH/c1-9-4-6-10(7-5-9)19(17,18)12-11(14(15)16)3-2-8-13-12;/h2-8H,1H3;1H. The largest absolute Gasteiger partial charge is 0.306 e. The second-order valence-corrected chi connectivity index (χ2v) is 5.77. The first-order valence-corrected chi connectivity index (χ1v) is 6.82. The Morgan fingerprint density at radius 1 is 1.15 bits per heavy atom. The summed E-state index contributed by atoms with van der Waals surface area (Å²) in [7, 11) is -3.98. The molecule has 0 unspecified atom stereocenters. The van der Waals surface area contributed by atoms with Gasteiger partial charge in [-0.3, -0.25) is 10.1 Å². The molecule has 2 rings (SSSR count). The van der Waals surface area contributed by atoms with E-state index < -0.39 is 25.5 Å². The highest BCUT2D eigenvalue weighted by Crippen LogP contribution is 2.26. The quantitative estimate of drug-likeness (QED) is 0.641. The predicted molar refractivity (Wildman–Crippen MR) is 74.8 cm³/mol. The molecule has 106 valence electrons. The maximum Gasteiger partial charge on any atom is 0.306 e. The van der Waals surface area contributed by atoms with Crippen molar-refractivity contribution in [2.24, 2.45) is 0 Å². The van der Waals surface area contributed by atoms with Crippen LogP contribution in [0, 0.1) is 17.0 Å². The number of nitrogens with zero attached hydrogens (tertiary/aromatic N) is 2. The average molecular weight is 315 g/mol. The highest BCUT2D eigenvalue weighted by atomic mass is 35.5. The number of rotatable bonds is 3. The van der Waals surface area contributed by atoms with E-state index in [-0.39, 0.29) is 17.3 Å². The van der Waals surface area contributed by atoms with E-state index in [4.69, 9.17) is 0 Å². The van der Waals surface area contributed by atoms with Gasteiger partial charge >= 0.3 is 5.69 Å². The van der Waals surface area contributed by atoms with Crippen molar-refractivity contribution in [1.82, 2.24) is 4.98 Å². The summed E-state index contributed by atoms with van der Waals surface area (Å²) in [5.41, 5.74) is 0.373. The lowest BCUT2D eigenvalue weighted by Gasteiger charge is -2.04. The topological polar surface area (TPSA) is 90.2 Å². The van der Waals surface area contributed by atoms with Gasteiger partial charge in [-0.25, -0.2) is 13.4 Å². The van der Waals surface area contributed by atoms with Gasteiger partial charge in [0.25, 0.3) is 0 Å². The smallest absolute Gasteiger partial charge is 0.258 e. The number of aryl methyl sites for hydroxylation is 1.